The Morgan fingerprint density at radius 2 is 1.77 bits per heavy atom. The van der Waals surface area contributed by atoms with Crippen LogP contribution in [0.25, 0.3) is 11.0 Å². The number of anilines is 1. The van der Waals surface area contributed by atoms with Gasteiger partial charge in [-0.1, -0.05) is 42.5 Å². The third-order valence-electron chi connectivity index (χ3n) is 4.77. The Kier molecular flexibility index (Phi) is 5.26. The van der Waals surface area contributed by atoms with Crippen LogP contribution in [0.2, 0.25) is 0 Å². The molecule has 2 aromatic heterocycles. The van der Waals surface area contributed by atoms with Gasteiger partial charge in [0.2, 0.25) is 5.91 Å². The minimum Gasteiger partial charge on any atom is -0.325 e. The highest BCUT2D eigenvalue weighted by atomic mass is 16.2. The molecule has 7 heteroatoms. The van der Waals surface area contributed by atoms with Crippen LogP contribution in [0.5, 0.6) is 0 Å². The first-order valence-corrected chi connectivity index (χ1v) is 9.52. The Morgan fingerprint density at radius 3 is 2.53 bits per heavy atom. The molecule has 4 rings (SSSR count). The molecule has 150 valence electrons. The van der Waals surface area contributed by atoms with Gasteiger partial charge >= 0.3 is 5.69 Å². The molecule has 7 nitrogen and oxygen atoms in total. The first kappa shape index (κ1) is 19.3. The summed E-state index contributed by atoms with van der Waals surface area (Å²) in [6.07, 6.45) is 1.50. The predicted molar refractivity (Wildman–Crippen MR) is 116 cm³/mol. The monoisotopic (exact) mass is 400 g/mol. The van der Waals surface area contributed by atoms with Crippen molar-refractivity contribution in [2.75, 3.05) is 5.32 Å². The fourth-order valence-electron chi connectivity index (χ4n) is 3.37. The van der Waals surface area contributed by atoms with Crippen LogP contribution >= 0.6 is 0 Å². The minimum atomic E-state index is -0.552. The maximum atomic E-state index is 13.2. The molecule has 0 aliphatic rings. The van der Waals surface area contributed by atoms with E-state index in [9.17, 15) is 14.4 Å². The van der Waals surface area contributed by atoms with Gasteiger partial charge < -0.3 is 5.32 Å². The number of hydrogen-bond acceptors (Lipinski definition) is 4. The number of nitrogens with one attached hydrogen (secondary N) is 1. The molecule has 1 amide bonds. The van der Waals surface area contributed by atoms with E-state index in [1.54, 1.807) is 18.2 Å². The van der Waals surface area contributed by atoms with Crippen LogP contribution in [0.1, 0.15) is 11.1 Å². The van der Waals surface area contributed by atoms with Crippen molar-refractivity contribution in [1.82, 2.24) is 14.1 Å². The van der Waals surface area contributed by atoms with Crippen LogP contribution < -0.4 is 16.6 Å². The fraction of sp³-hybridized carbons (Fsp3) is 0.130. The lowest BCUT2D eigenvalue weighted by Crippen LogP contribution is -2.42. The molecule has 0 aliphatic heterocycles. The van der Waals surface area contributed by atoms with E-state index in [-0.39, 0.29) is 24.5 Å². The van der Waals surface area contributed by atoms with Crippen LogP contribution in [0, 0.1) is 6.92 Å². The molecular formula is C23H20N4O3. The van der Waals surface area contributed by atoms with E-state index >= 15 is 0 Å². The van der Waals surface area contributed by atoms with Crippen LogP contribution in [-0.4, -0.2) is 20.0 Å². The number of aromatic nitrogens is 3. The van der Waals surface area contributed by atoms with E-state index < -0.39 is 11.2 Å². The Bertz CT molecular complexity index is 1340. The lowest BCUT2D eigenvalue weighted by molar-refractivity contribution is -0.116. The molecular weight excluding hydrogens is 380 g/mol. The Morgan fingerprint density at radius 1 is 0.967 bits per heavy atom. The molecule has 0 atom stereocenters. The maximum Gasteiger partial charge on any atom is 0.332 e. The molecule has 0 saturated heterocycles. The topological polar surface area (TPSA) is 86.0 Å². The third-order valence-corrected chi connectivity index (χ3v) is 4.77. The zero-order valence-electron chi connectivity index (χ0n) is 16.4. The number of pyridine rings is 1. The van der Waals surface area contributed by atoms with Gasteiger partial charge in [-0.25, -0.2) is 9.78 Å². The number of amides is 1. The molecule has 2 heterocycles. The number of fused-ring (bicyclic) bond motifs is 1. The highest BCUT2D eigenvalue weighted by molar-refractivity contribution is 5.91. The summed E-state index contributed by atoms with van der Waals surface area (Å²) in [5, 5.41) is 2.80. The van der Waals surface area contributed by atoms with Gasteiger partial charge in [0.25, 0.3) is 5.56 Å². The van der Waals surface area contributed by atoms with E-state index in [4.69, 9.17) is 0 Å². The summed E-state index contributed by atoms with van der Waals surface area (Å²) in [4.78, 5) is 42.9. The smallest absolute Gasteiger partial charge is 0.325 e. The van der Waals surface area contributed by atoms with E-state index in [2.05, 4.69) is 10.3 Å². The standard InChI is InChI=1S/C23H20N4O3/c1-16-7-5-10-18(13-16)25-20(28)15-26-19-11-6-12-24-21(19)22(29)27(23(26)30)14-17-8-3-2-4-9-17/h2-13H,14-15H2,1H3,(H,25,28). The molecule has 0 saturated carbocycles. The first-order valence-electron chi connectivity index (χ1n) is 9.52. The summed E-state index contributed by atoms with van der Waals surface area (Å²) in [7, 11) is 0. The second kappa shape index (κ2) is 8.16. The van der Waals surface area contributed by atoms with Crippen molar-refractivity contribution < 1.29 is 4.79 Å². The number of hydrogen-bond donors (Lipinski definition) is 1. The van der Waals surface area contributed by atoms with Crippen molar-refractivity contribution in [2.45, 2.75) is 20.0 Å². The van der Waals surface area contributed by atoms with Gasteiger partial charge in [-0.15, -0.1) is 0 Å². The highest BCUT2D eigenvalue weighted by Gasteiger charge is 2.16. The number of nitrogens with zero attached hydrogens (tertiary/aromatic N) is 3. The molecule has 0 radical (unpaired) electrons. The van der Waals surface area contributed by atoms with Gasteiger partial charge in [0.15, 0.2) is 5.52 Å². The Balaban J connectivity index is 1.76. The van der Waals surface area contributed by atoms with Gasteiger partial charge in [0.1, 0.15) is 6.54 Å². The highest BCUT2D eigenvalue weighted by Crippen LogP contribution is 2.10. The molecule has 30 heavy (non-hydrogen) atoms. The zero-order valence-corrected chi connectivity index (χ0v) is 16.4. The van der Waals surface area contributed by atoms with Crippen molar-refractivity contribution in [1.29, 1.82) is 0 Å². The largest absolute Gasteiger partial charge is 0.332 e. The van der Waals surface area contributed by atoms with E-state index in [1.165, 1.54) is 10.8 Å². The molecule has 0 spiro atoms. The quantitative estimate of drug-likeness (QED) is 0.558. The molecule has 1 N–H and O–H groups in total. The Hall–Kier alpha value is -4.00. The van der Waals surface area contributed by atoms with Gasteiger partial charge in [-0.3, -0.25) is 18.7 Å². The van der Waals surface area contributed by atoms with Gasteiger partial charge in [0.05, 0.1) is 12.1 Å². The van der Waals surface area contributed by atoms with Crippen LogP contribution in [0.3, 0.4) is 0 Å². The number of benzene rings is 2. The van der Waals surface area contributed by atoms with Crippen molar-refractivity contribution >= 4 is 22.6 Å². The number of carbonyl (C=O) groups excluding carboxylic acids is 1. The summed E-state index contributed by atoms with van der Waals surface area (Å²) in [5.74, 6) is -0.363. The fourth-order valence-corrected chi connectivity index (χ4v) is 3.37. The normalized spacial score (nSPS) is 10.8. The summed E-state index contributed by atoms with van der Waals surface area (Å²) in [5.41, 5.74) is 1.91. The maximum absolute atomic E-state index is 13.2. The molecule has 0 bridgehead atoms. The molecule has 0 unspecified atom stereocenters. The van der Waals surface area contributed by atoms with Gasteiger partial charge in [-0.05, 0) is 42.3 Å². The SMILES string of the molecule is Cc1cccc(NC(=O)Cn2c(=O)n(Cc3ccccc3)c(=O)c3ncccc32)c1. The molecule has 0 fully saturated rings. The first-order chi connectivity index (χ1) is 14.5. The zero-order chi connectivity index (χ0) is 21.1. The minimum absolute atomic E-state index is 0.102. The van der Waals surface area contributed by atoms with E-state index in [1.807, 2.05) is 55.5 Å². The third kappa shape index (κ3) is 3.91. The average Bonchev–Trinajstić information content (AvgIpc) is 2.75. The van der Waals surface area contributed by atoms with Crippen LogP contribution in [0.4, 0.5) is 5.69 Å². The van der Waals surface area contributed by atoms with Gasteiger partial charge in [0, 0.05) is 11.9 Å². The summed E-state index contributed by atoms with van der Waals surface area (Å²) in [6.45, 7) is 1.80. The summed E-state index contributed by atoms with van der Waals surface area (Å²) >= 11 is 0. The predicted octanol–water partition coefficient (Wildman–Crippen LogP) is 2.55. The average molecular weight is 400 g/mol. The second-order valence-corrected chi connectivity index (χ2v) is 7.03. The van der Waals surface area contributed by atoms with Crippen molar-refractivity contribution in [3.05, 3.63) is 105 Å². The lowest BCUT2D eigenvalue weighted by Gasteiger charge is -2.14. The molecule has 2 aromatic carbocycles. The van der Waals surface area contributed by atoms with Crippen molar-refractivity contribution in [3.8, 4) is 0 Å². The van der Waals surface area contributed by atoms with Crippen molar-refractivity contribution in [2.24, 2.45) is 0 Å². The van der Waals surface area contributed by atoms with Crippen LogP contribution in [0.15, 0.2) is 82.5 Å². The number of carbonyl (C=O) groups is 1. The molecule has 4 aromatic rings. The summed E-state index contributed by atoms with van der Waals surface area (Å²) in [6, 6.07) is 19.9. The number of rotatable bonds is 5. The Labute approximate surface area is 172 Å². The van der Waals surface area contributed by atoms with Gasteiger partial charge in [-0.2, -0.15) is 0 Å². The summed E-state index contributed by atoms with van der Waals surface area (Å²) < 4.78 is 2.41. The molecule has 0 aliphatic carbocycles. The van der Waals surface area contributed by atoms with Crippen LogP contribution in [-0.2, 0) is 17.9 Å². The van der Waals surface area contributed by atoms with E-state index in [0.29, 0.717) is 11.2 Å². The van der Waals surface area contributed by atoms with E-state index in [0.717, 1.165) is 15.7 Å². The lowest BCUT2D eigenvalue weighted by atomic mass is 10.2. The second-order valence-electron chi connectivity index (χ2n) is 7.03. The number of aryl methyl sites for hydroxylation is 1. The van der Waals surface area contributed by atoms with Crippen molar-refractivity contribution in [3.63, 3.8) is 0 Å².